The predicted molar refractivity (Wildman–Crippen MR) is 135 cm³/mol. The summed E-state index contributed by atoms with van der Waals surface area (Å²) >= 11 is 1.41. The van der Waals surface area contributed by atoms with Crippen LogP contribution in [0.4, 0.5) is 5.69 Å². The summed E-state index contributed by atoms with van der Waals surface area (Å²) in [6.45, 7) is 6.59. The summed E-state index contributed by atoms with van der Waals surface area (Å²) in [4.78, 5) is 29.1. The Hall–Kier alpha value is -3.31. The largest absolute Gasteiger partial charge is 0.491 e. The van der Waals surface area contributed by atoms with Gasteiger partial charge in [0.15, 0.2) is 0 Å². The normalized spacial score (nSPS) is 13.7. The molecule has 1 heterocycles. The van der Waals surface area contributed by atoms with Crippen molar-refractivity contribution in [2.75, 3.05) is 11.5 Å². The molecule has 0 saturated heterocycles. The van der Waals surface area contributed by atoms with Crippen molar-refractivity contribution in [1.82, 2.24) is 0 Å². The number of ether oxygens (including phenoxy) is 1. The molecule has 0 fully saturated rings. The number of rotatable bonds is 8. The second kappa shape index (κ2) is 10.1. The molecule has 3 aromatic rings. The second-order valence-corrected chi connectivity index (χ2v) is 9.02. The Balaban J connectivity index is 1.76. The zero-order valence-electron chi connectivity index (χ0n) is 19.1. The zero-order chi connectivity index (χ0) is 23.4. The van der Waals surface area contributed by atoms with Gasteiger partial charge >= 0.3 is 0 Å². The van der Waals surface area contributed by atoms with E-state index in [1.807, 2.05) is 81.4 Å². The van der Waals surface area contributed by atoms with Crippen LogP contribution < -0.4 is 9.64 Å². The number of hydrogen-bond acceptors (Lipinski definition) is 4. The van der Waals surface area contributed by atoms with Crippen LogP contribution in [0.5, 0.6) is 5.75 Å². The molecule has 0 saturated carbocycles. The molecular weight excluding hydrogens is 430 g/mol. The maximum Gasteiger partial charge on any atom is 0.272 e. The van der Waals surface area contributed by atoms with Crippen LogP contribution in [0, 0.1) is 13.8 Å². The van der Waals surface area contributed by atoms with Gasteiger partial charge in [-0.2, -0.15) is 0 Å². The molecule has 0 unspecified atom stereocenters. The van der Waals surface area contributed by atoms with E-state index in [4.69, 9.17) is 4.74 Å². The van der Waals surface area contributed by atoms with Gasteiger partial charge in [-0.05, 0) is 54.7 Å². The number of imide groups is 1. The maximum absolute atomic E-state index is 13.7. The van der Waals surface area contributed by atoms with Crippen molar-refractivity contribution in [3.05, 3.63) is 100.0 Å². The van der Waals surface area contributed by atoms with Gasteiger partial charge in [-0.15, -0.1) is 11.8 Å². The lowest BCUT2D eigenvalue weighted by atomic mass is 10.0. The molecule has 33 heavy (non-hydrogen) atoms. The van der Waals surface area contributed by atoms with E-state index in [-0.39, 0.29) is 11.8 Å². The van der Waals surface area contributed by atoms with E-state index in [9.17, 15) is 9.59 Å². The van der Waals surface area contributed by atoms with E-state index < -0.39 is 0 Å². The van der Waals surface area contributed by atoms with Crippen LogP contribution in [0.25, 0.3) is 5.57 Å². The fourth-order valence-electron chi connectivity index (χ4n) is 3.72. The third-order valence-electron chi connectivity index (χ3n) is 5.63. The smallest absolute Gasteiger partial charge is 0.272 e. The van der Waals surface area contributed by atoms with Crippen molar-refractivity contribution >= 4 is 34.8 Å². The Kier molecular flexibility index (Phi) is 6.99. The monoisotopic (exact) mass is 457 g/mol. The number of thioether (sulfide) groups is 1. The number of amides is 2. The topological polar surface area (TPSA) is 46.6 Å². The van der Waals surface area contributed by atoms with Gasteiger partial charge in [-0.3, -0.25) is 9.59 Å². The minimum Gasteiger partial charge on any atom is -0.491 e. The Labute approximate surface area is 199 Å². The molecule has 168 valence electrons. The van der Waals surface area contributed by atoms with Crippen molar-refractivity contribution in [3.8, 4) is 5.75 Å². The van der Waals surface area contributed by atoms with Crippen LogP contribution in [0.1, 0.15) is 35.6 Å². The van der Waals surface area contributed by atoms with Crippen LogP contribution in [-0.2, 0) is 15.3 Å². The van der Waals surface area contributed by atoms with Crippen LogP contribution in [0.3, 0.4) is 0 Å². The summed E-state index contributed by atoms with van der Waals surface area (Å²) in [6, 6.07) is 23.1. The maximum atomic E-state index is 13.7. The zero-order valence-corrected chi connectivity index (χ0v) is 19.9. The fourth-order valence-corrected chi connectivity index (χ4v) is 4.79. The molecule has 1 aliphatic heterocycles. The van der Waals surface area contributed by atoms with Gasteiger partial charge in [0, 0.05) is 5.75 Å². The second-order valence-electron chi connectivity index (χ2n) is 8.04. The number of anilines is 1. The summed E-state index contributed by atoms with van der Waals surface area (Å²) in [7, 11) is 0. The van der Waals surface area contributed by atoms with Crippen molar-refractivity contribution in [2.45, 2.75) is 32.9 Å². The molecule has 1 aliphatic rings. The van der Waals surface area contributed by atoms with Crippen molar-refractivity contribution in [2.24, 2.45) is 0 Å². The van der Waals surface area contributed by atoms with Gasteiger partial charge < -0.3 is 4.74 Å². The summed E-state index contributed by atoms with van der Waals surface area (Å²) in [6.07, 6.45) is 0.834. The quantitative estimate of drug-likeness (QED) is 0.372. The molecule has 0 spiro atoms. The number of para-hydroxylation sites is 2. The van der Waals surface area contributed by atoms with Crippen LogP contribution in [-0.4, -0.2) is 18.4 Å². The molecular formula is C28H27NO3S. The Morgan fingerprint density at radius 2 is 1.58 bits per heavy atom. The molecule has 4 rings (SSSR count). The van der Waals surface area contributed by atoms with Gasteiger partial charge in [0.2, 0.25) is 0 Å². The number of benzene rings is 3. The van der Waals surface area contributed by atoms with Crippen LogP contribution in [0.15, 0.2) is 77.7 Å². The Morgan fingerprint density at radius 3 is 2.30 bits per heavy atom. The number of carbonyl (C=O) groups is 2. The van der Waals surface area contributed by atoms with Crippen LogP contribution >= 0.6 is 11.8 Å². The summed E-state index contributed by atoms with van der Waals surface area (Å²) < 4.78 is 5.86. The van der Waals surface area contributed by atoms with E-state index in [0.29, 0.717) is 34.3 Å². The van der Waals surface area contributed by atoms with E-state index in [2.05, 4.69) is 0 Å². The van der Waals surface area contributed by atoms with Gasteiger partial charge in [-0.25, -0.2) is 4.90 Å². The first-order valence-electron chi connectivity index (χ1n) is 11.1. The van der Waals surface area contributed by atoms with Crippen molar-refractivity contribution in [1.29, 1.82) is 0 Å². The summed E-state index contributed by atoms with van der Waals surface area (Å²) in [5.74, 6) is 0.522. The first-order chi connectivity index (χ1) is 16.0. The predicted octanol–water partition coefficient (Wildman–Crippen LogP) is 6.31. The first kappa shape index (κ1) is 22.9. The highest BCUT2D eigenvalue weighted by Crippen LogP contribution is 2.42. The highest BCUT2D eigenvalue weighted by atomic mass is 32.2. The average Bonchev–Trinajstić information content (AvgIpc) is 3.08. The summed E-state index contributed by atoms with van der Waals surface area (Å²) in [5, 5.41) is 0. The standard InChI is InChI=1S/C28H27NO3S/c1-4-16-32-24-13-9-8-12-23(24)29-27(30)25(22-15-14-19(2)20(3)17-22)26(28(29)31)33-18-21-10-6-5-7-11-21/h5-15,17H,4,16,18H2,1-3H3. The number of nitrogens with zero attached hydrogens (tertiary/aromatic N) is 1. The van der Waals surface area contributed by atoms with E-state index in [1.54, 1.807) is 12.1 Å². The third kappa shape index (κ3) is 4.74. The first-order valence-corrected chi connectivity index (χ1v) is 12.1. The molecule has 0 aliphatic carbocycles. The number of aryl methyl sites for hydroxylation is 2. The lowest BCUT2D eigenvalue weighted by molar-refractivity contribution is -0.119. The summed E-state index contributed by atoms with van der Waals surface area (Å²) in [5.41, 5.74) is 5.02. The molecule has 3 aromatic carbocycles. The molecule has 2 amide bonds. The molecule has 0 radical (unpaired) electrons. The Bertz CT molecular complexity index is 1220. The van der Waals surface area contributed by atoms with Gasteiger partial charge in [-0.1, -0.05) is 67.6 Å². The van der Waals surface area contributed by atoms with Gasteiger partial charge in [0.25, 0.3) is 11.8 Å². The Morgan fingerprint density at radius 1 is 0.848 bits per heavy atom. The highest BCUT2D eigenvalue weighted by Gasteiger charge is 2.41. The van der Waals surface area contributed by atoms with Gasteiger partial charge in [0.1, 0.15) is 5.75 Å². The number of carbonyl (C=O) groups excluding carboxylic acids is 2. The molecule has 5 heteroatoms. The molecule has 0 aromatic heterocycles. The van der Waals surface area contributed by atoms with Crippen molar-refractivity contribution < 1.29 is 14.3 Å². The average molecular weight is 458 g/mol. The molecule has 4 nitrogen and oxygen atoms in total. The molecule has 0 N–H and O–H groups in total. The minimum atomic E-state index is -0.314. The van der Waals surface area contributed by atoms with E-state index in [0.717, 1.165) is 28.7 Å². The highest BCUT2D eigenvalue weighted by molar-refractivity contribution is 8.03. The number of hydrogen-bond donors (Lipinski definition) is 0. The van der Waals surface area contributed by atoms with Crippen LogP contribution in [0.2, 0.25) is 0 Å². The fraction of sp³-hybridized carbons (Fsp3) is 0.214. The van der Waals surface area contributed by atoms with E-state index in [1.165, 1.54) is 16.7 Å². The lowest BCUT2D eigenvalue weighted by Gasteiger charge is -2.19. The molecule has 0 bridgehead atoms. The van der Waals surface area contributed by atoms with Crippen molar-refractivity contribution in [3.63, 3.8) is 0 Å². The SMILES string of the molecule is CCCOc1ccccc1N1C(=O)C(SCc2ccccc2)=C(c2ccc(C)c(C)c2)C1=O. The minimum absolute atomic E-state index is 0.304. The van der Waals surface area contributed by atoms with Gasteiger partial charge in [0.05, 0.1) is 22.8 Å². The lowest BCUT2D eigenvalue weighted by Crippen LogP contribution is -2.31. The third-order valence-corrected chi connectivity index (χ3v) is 6.78. The van der Waals surface area contributed by atoms with E-state index >= 15 is 0 Å². The molecule has 0 atom stereocenters.